The summed E-state index contributed by atoms with van der Waals surface area (Å²) in [6.45, 7) is 4.20. The second-order valence-electron chi connectivity index (χ2n) is 14.2. The Hall–Kier alpha value is -5.75. The van der Waals surface area contributed by atoms with Crippen LogP contribution in [-0.4, -0.2) is 74.2 Å². The van der Waals surface area contributed by atoms with Crippen LogP contribution in [0.25, 0.3) is 27.5 Å². The predicted molar refractivity (Wildman–Crippen MR) is 210 cm³/mol. The van der Waals surface area contributed by atoms with Gasteiger partial charge in [0.05, 0.1) is 40.1 Å². The maximum atomic E-state index is 11.9. The first-order valence-electron chi connectivity index (χ1n) is 19.1. The van der Waals surface area contributed by atoms with Gasteiger partial charge < -0.3 is 15.5 Å². The van der Waals surface area contributed by atoms with Crippen molar-refractivity contribution in [3.63, 3.8) is 0 Å². The second kappa shape index (κ2) is 17.2. The van der Waals surface area contributed by atoms with E-state index in [2.05, 4.69) is 47.2 Å². The van der Waals surface area contributed by atoms with Gasteiger partial charge in [0, 0.05) is 63.0 Å². The molecular formula is C40H45N11O3S. The number of piperidine rings is 2. The smallest absolute Gasteiger partial charge is 0.234 e. The minimum Gasteiger partial charge on any atom is -0.387 e. The number of anilines is 2. The Labute approximate surface area is 323 Å². The summed E-state index contributed by atoms with van der Waals surface area (Å²) in [5, 5.41) is 33.0. The van der Waals surface area contributed by atoms with Crippen molar-refractivity contribution in [1.82, 2.24) is 40.4 Å². The van der Waals surface area contributed by atoms with E-state index in [1.165, 1.54) is 32.1 Å². The summed E-state index contributed by atoms with van der Waals surface area (Å²) in [7, 11) is 1.90. The van der Waals surface area contributed by atoms with Gasteiger partial charge in [0.2, 0.25) is 17.7 Å². The van der Waals surface area contributed by atoms with Crippen LogP contribution in [0, 0.1) is 17.2 Å². The third-order valence-electron chi connectivity index (χ3n) is 10.6. The van der Waals surface area contributed by atoms with Crippen LogP contribution in [-0.2, 0) is 14.4 Å². The molecule has 7 heterocycles. The highest BCUT2D eigenvalue weighted by molar-refractivity contribution is 7.14. The van der Waals surface area contributed by atoms with E-state index in [0.717, 1.165) is 75.5 Å². The summed E-state index contributed by atoms with van der Waals surface area (Å²) >= 11 is 1.68. The topological polar surface area (TPSA) is 183 Å². The number of rotatable bonds is 8. The number of carbonyl (C=O) groups is 3. The van der Waals surface area contributed by atoms with Gasteiger partial charge in [-0.15, -0.1) is 10.2 Å². The van der Waals surface area contributed by atoms with Gasteiger partial charge in [0.25, 0.3) is 0 Å². The van der Waals surface area contributed by atoms with Gasteiger partial charge in [-0.05, 0) is 74.9 Å². The Kier molecular flexibility index (Phi) is 11.7. The molecule has 0 spiro atoms. The van der Waals surface area contributed by atoms with E-state index in [1.54, 1.807) is 28.2 Å². The van der Waals surface area contributed by atoms with Crippen LogP contribution in [0.15, 0.2) is 55.0 Å². The zero-order chi connectivity index (χ0) is 38.3. The molecule has 5 aromatic heterocycles. The molecule has 5 aromatic rings. The van der Waals surface area contributed by atoms with Crippen molar-refractivity contribution in [3.05, 3.63) is 71.1 Å². The number of fused-ring (bicyclic) bond motifs is 1. The SMILES string of the molecule is CCNC(=O)C1CCN(c2ccc(C3CCC(=O)NC3=O)cn2)CC1.CNc1cc(-c2ccc3cc(C#N)cnn23)ncc1-c1nnc(C2CCCCC2)s1. The summed E-state index contributed by atoms with van der Waals surface area (Å²) in [6.07, 6.45) is 14.0. The Morgan fingerprint density at radius 2 is 1.80 bits per heavy atom. The maximum Gasteiger partial charge on any atom is 0.234 e. The third kappa shape index (κ3) is 8.49. The average molecular weight is 760 g/mol. The highest BCUT2D eigenvalue weighted by Gasteiger charge is 2.29. The number of carbonyl (C=O) groups excluding carboxylic acids is 3. The van der Waals surface area contributed by atoms with Gasteiger partial charge in [-0.1, -0.05) is 36.7 Å². The number of pyridine rings is 2. The molecule has 2 aliphatic heterocycles. The van der Waals surface area contributed by atoms with Crippen LogP contribution in [0.3, 0.4) is 0 Å². The number of imide groups is 1. The van der Waals surface area contributed by atoms with E-state index in [-0.39, 0.29) is 29.6 Å². The van der Waals surface area contributed by atoms with E-state index in [1.807, 2.05) is 56.6 Å². The van der Waals surface area contributed by atoms with Crippen LogP contribution in [0.1, 0.15) is 92.7 Å². The van der Waals surface area contributed by atoms with Crippen molar-refractivity contribution in [3.8, 4) is 28.0 Å². The highest BCUT2D eigenvalue weighted by atomic mass is 32.1. The molecule has 1 saturated carbocycles. The second-order valence-corrected chi connectivity index (χ2v) is 15.2. The Bertz CT molecular complexity index is 2200. The summed E-state index contributed by atoms with van der Waals surface area (Å²) < 4.78 is 1.80. The zero-order valence-electron chi connectivity index (χ0n) is 31.1. The summed E-state index contributed by atoms with van der Waals surface area (Å²) in [6, 6.07) is 13.7. The molecule has 55 heavy (non-hydrogen) atoms. The lowest BCUT2D eigenvalue weighted by molar-refractivity contribution is -0.134. The highest BCUT2D eigenvalue weighted by Crippen LogP contribution is 2.39. The summed E-state index contributed by atoms with van der Waals surface area (Å²) in [4.78, 5) is 46.5. The monoisotopic (exact) mass is 759 g/mol. The number of hydrogen-bond acceptors (Lipinski definition) is 12. The Morgan fingerprint density at radius 3 is 2.51 bits per heavy atom. The predicted octanol–water partition coefficient (Wildman–Crippen LogP) is 5.83. The van der Waals surface area contributed by atoms with Gasteiger partial charge in [-0.3, -0.25) is 24.7 Å². The molecule has 0 radical (unpaired) electrons. The van der Waals surface area contributed by atoms with Crippen molar-refractivity contribution in [1.29, 1.82) is 5.26 Å². The molecule has 3 N–H and O–H groups in total. The Morgan fingerprint density at radius 1 is 0.982 bits per heavy atom. The molecule has 1 unspecified atom stereocenters. The average Bonchev–Trinajstić information content (AvgIpc) is 3.89. The molecule has 0 bridgehead atoms. The molecule has 15 heteroatoms. The van der Waals surface area contributed by atoms with E-state index < -0.39 is 0 Å². The van der Waals surface area contributed by atoms with Crippen LogP contribution in [0.5, 0.6) is 0 Å². The van der Waals surface area contributed by atoms with Crippen molar-refractivity contribution in [2.75, 3.05) is 36.9 Å². The van der Waals surface area contributed by atoms with E-state index in [4.69, 9.17) is 10.2 Å². The van der Waals surface area contributed by atoms with Gasteiger partial charge in [-0.2, -0.15) is 10.4 Å². The van der Waals surface area contributed by atoms with Crippen molar-refractivity contribution < 1.29 is 14.4 Å². The zero-order valence-corrected chi connectivity index (χ0v) is 31.9. The minimum absolute atomic E-state index is 0.0824. The summed E-state index contributed by atoms with van der Waals surface area (Å²) in [5.74, 6) is 0.886. The summed E-state index contributed by atoms with van der Waals surface area (Å²) in [5.41, 5.74) is 5.83. The fourth-order valence-electron chi connectivity index (χ4n) is 7.58. The number of amides is 3. The molecular weight excluding hydrogens is 715 g/mol. The van der Waals surface area contributed by atoms with Gasteiger partial charge >= 0.3 is 0 Å². The number of nitriles is 1. The lowest BCUT2D eigenvalue weighted by Gasteiger charge is -2.32. The lowest BCUT2D eigenvalue weighted by Crippen LogP contribution is -2.41. The quantitative estimate of drug-likeness (QED) is 0.162. The first-order valence-corrected chi connectivity index (χ1v) is 19.9. The fourth-order valence-corrected chi connectivity index (χ4v) is 8.61. The number of nitrogens with one attached hydrogen (secondary N) is 3. The van der Waals surface area contributed by atoms with Crippen LogP contribution < -0.4 is 20.9 Å². The lowest BCUT2D eigenvalue weighted by atomic mass is 9.90. The maximum absolute atomic E-state index is 11.9. The van der Waals surface area contributed by atoms with E-state index >= 15 is 0 Å². The molecule has 1 atom stereocenters. The number of aromatic nitrogens is 6. The molecule has 3 fully saturated rings. The fraction of sp³-hybridized carbons (Fsp3) is 0.425. The number of hydrogen-bond donors (Lipinski definition) is 3. The molecule has 2 saturated heterocycles. The standard InChI is InChI=1S/C22H21N7S.C18H24N4O3/c1-24-18-10-19(20-8-7-16-9-14(11-23)12-26-29(16)20)25-13-17(18)22-28-27-21(30-22)15-5-3-2-4-6-15;1-2-19-17(24)12-7-9-22(10-8-12)15-5-3-13(11-20-15)14-4-6-16(23)21-18(14)25/h7-10,12-13,15H,2-6H2,1H3,(H,24,25);3,5,11-12,14H,2,4,6-10H2,1H3,(H,19,24)(H,21,23,25). The Balaban J connectivity index is 0.000000172. The molecule has 284 valence electrons. The largest absolute Gasteiger partial charge is 0.387 e. The van der Waals surface area contributed by atoms with Crippen LogP contribution in [0.2, 0.25) is 0 Å². The van der Waals surface area contributed by atoms with Crippen LogP contribution in [0.4, 0.5) is 11.5 Å². The van der Waals surface area contributed by atoms with Gasteiger partial charge in [0.15, 0.2) is 5.01 Å². The van der Waals surface area contributed by atoms with Gasteiger partial charge in [0.1, 0.15) is 16.9 Å². The molecule has 8 rings (SSSR count). The first kappa shape index (κ1) is 37.6. The molecule has 3 aliphatic rings. The van der Waals surface area contributed by atoms with Crippen LogP contribution >= 0.6 is 11.3 Å². The normalized spacial score (nSPS) is 17.9. The van der Waals surface area contributed by atoms with Crippen molar-refractivity contribution >= 4 is 46.1 Å². The van der Waals surface area contributed by atoms with E-state index in [0.29, 0.717) is 30.9 Å². The molecule has 0 aromatic carbocycles. The minimum atomic E-state index is -0.303. The molecule has 1 aliphatic carbocycles. The van der Waals surface area contributed by atoms with Crippen molar-refractivity contribution in [2.45, 2.75) is 76.5 Å². The van der Waals surface area contributed by atoms with Gasteiger partial charge in [-0.25, -0.2) is 9.50 Å². The third-order valence-corrected chi connectivity index (χ3v) is 11.8. The number of nitrogens with zero attached hydrogens (tertiary/aromatic N) is 8. The molecule has 14 nitrogen and oxygen atoms in total. The van der Waals surface area contributed by atoms with Crippen molar-refractivity contribution in [2.24, 2.45) is 5.92 Å². The van der Waals surface area contributed by atoms with E-state index in [9.17, 15) is 14.4 Å². The first-order chi connectivity index (χ1) is 26.8. The molecule has 3 amide bonds.